The third-order valence-electron chi connectivity index (χ3n) is 5.53. The number of nitrogens with zero attached hydrogens (tertiary/aromatic N) is 1. The number of hydrogen-bond donors (Lipinski definition) is 3. The van der Waals surface area contributed by atoms with Crippen LogP contribution in [-0.4, -0.2) is 32.1 Å². The van der Waals surface area contributed by atoms with Gasteiger partial charge in [-0.05, 0) is 49.9 Å². The van der Waals surface area contributed by atoms with Crippen LogP contribution in [0.2, 0.25) is 0 Å². The molecule has 2 amide bonds. The van der Waals surface area contributed by atoms with Crippen molar-refractivity contribution < 1.29 is 18.0 Å². The molecule has 0 saturated heterocycles. The zero-order valence-corrected chi connectivity index (χ0v) is 19.1. The lowest BCUT2D eigenvalue weighted by molar-refractivity contribution is -0.117. The molecular formula is C24H26N4O4S. The van der Waals surface area contributed by atoms with E-state index >= 15 is 0 Å². The number of rotatable bonds is 7. The zero-order valence-electron chi connectivity index (χ0n) is 18.2. The van der Waals surface area contributed by atoms with Gasteiger partial charge in [-0.25, -0.2) is 8.42 Å². The molecule has 172 valence electrons. The van der Waals surface area contributed by atoms with Gasteiger partial charge in [-0.1, -0.05) is 36.4 Å². The van der Waals surface area contributed by atoms with Crippen molar-refractivity contribution in [3.05, 3.63) is 66.2 Å². The summed E-state index contributed by atoms with van der Waals surface area (Å²) in [5.74, 6) is 0.103. The van der Waals surface area contributed by atoms with E-state index in [1.54, 1.807) is 49.4 Å². The maximum absolute atomic E-state index is 12.6. The second-order valence-corrected chi connectivity index (χ2v) is 9.89. The molecule has 1 heterocycles. The van der Waals surface area contributed by atoms with Crippen LogP contribution in [0, 0.1) is 5.92 Å². The summed E-state index contributed by atoms with van der Waals surface area (Å²) in [5, 5.41) is 5.71. The third-order valence-corrected chi connectivity index (χ3v) is 6.93. The highest BCUT2D eigenvalue weighted by Crippen LogP contribution is 2.25. The van der Waals surface area contributed by atoms with E-state index in [2.05, 4.69) is 32.5 Å². The summed E-state index contributed by atoms with van der Waals surface area (Å²) in [7, 11) is -3.63. The first-order valence-electron chi connectivity index (χ1n) is 10.9. The van der Waals surface area contributed by atoms with Gasteiger partial charge in [0.05, 0.1) is 22.3 Å². The molecule has 2 aromatic carbocycles. The fourth-order valence-electron chi connectivity index (χ4n) is 3.97. The molecule has 0 saturated carbocycles. The van der Waals surface area contributed by atoms with Gasteiger partial charge in [0.2, 0.25) is 11.8 Å². The van der Waals surface area contributed by atoms with Gasteiger partial charge in [0.25, 0.3) is 10.0 Å². The Morgan fingerprint density at radius 3 is 2.42 bits per heavy atom. The minimum Gasteiger partial charge on any atom is -0.324 e. The molecule has 4 rings (SSSR count). The topological polar surface area (TPSA) is 117 Å². The van der Waals surface area contributed by atoms with Crippen LogP contribution in [0.15, 0.2) is 70.6 Å². The van der Waals surface area contributed by atoms with E-state index in [0.29, 0.717) is 23.4 Å². The van der Waals surface area contributed by atoms with E-state index in [4.69, 9.17) is 0 Å². The van der Waals surface area contributed by atoms with E-state index in [1.165, 1.54) is 6.07 Å². The van der Waals surface area contributed by atoms with Crippen molar-refractivity contribution in [3.8, 4) is 0 Å². The van der Waals surface area contributed by atoms with Crippen LogP contribution in [0.25, 0.3) is 0 Å². The Morgan fingerprint density at radius 1 is 1.06 bits per heavy atom. The van der Waals surface area contributed by atoms with Gasteiger partial charge in [0.15, 0.2) is 0 Å². The molecule has 8 nitrogen and oxygen atoms in total. The molecule has 0 fully saturated rings. The zero-order chi connectivity index (χ0) is 23.4. The number of sulfonamides is 1. The van der Waals surface area contributed by atoms with Crippen LogP contribution < -0.4 is 15.4 Å². The quantitative estimate of drug-likeness (QED) is 0.542. The van der Waals surface area contributed by atoms with E-state index in [0.717, 1.165) is 12.8 Å². The Hall–Kier alpha value is -3.46. The van der Waals surface area contributed by atoms with Gasteiger partial charge in [0.1, 0.15) is 5.84 Å². The molecule has 2 aromatic rings. The van der Waals surface area contributed by atoms with Crippen LogP contribution in [-0.2, 0) is 19.6 Å². The van der Waals surface area contributed by atoms with Gasteiger partial charge in [-0.15, -0.1) is 0 Å². The average Bonchev–Trinajstić information content (AvgIpc) is 3.35. The Kier molecular flexibility index (Phi) is 6.60. The maximum atomic E-state index is 12.6. The number of nitrogens with one attached hydrogen (secondary N) is 3. The number of benzene rings is 2. The number of aliphatic imine (C=N–C) groups is 1. The molecule has 1 aliphatic carbocycles. The fraction of sp³-hybridized carbons (Fsp3) is 0.292. The number of carbonyl (C=O) groups excluding carboxylic acids is 2. The van der Waals surface area contributed by atoms with Crippen LogP contribution in [0.3, 0.4) is 0 Å². The van der Waals surface area contributed by atoms with Crippen LogP contribution in [0.5, 0.6) is 0 Å². The normalized spacial score (nSPS) is 20.2. The number of fused-ring (bicyclic) bond motifs is 1. The van der Waals surface area contributed by atoms with Gasteiger partial charge >= 0.3 is 0 Å². The van der Waals surface area contributed by atoms with Crippen molar-refractivity contribution in [1.29, 1.82) is 0 Å². The SMILES string of the molecule is CC(CC(=O)Nc1ccccc1NC(=O)CC1C=CCC1)N=C1NS(=O)(=O)c2ccccc21. The maximum Gasteiger partial charge on any atom is 0.263 e. The highest BCUT2D eigenvalue weighted by atomic mass is 32.2. The molecule has 0 radical (unpaired) electrons. The lowest BCUT2D eigenvalue weighted by atomic mass is 10.0. The third kappa shape index (κ3) is 5.48. The first kappa shape index (κ1) is 22.7. The first-order valence-corrected chi connectivity index (χ1v) is 12.4. The van der Waals surface area contributed by atoms with E-state index in [-0.39, 0.29) is 34.9 Å². The summed E-state index contributed by atoms with van der Waals surface area (Å²) in [4.78, 5) is 29.6. The molecule has 0 bridgehead atoms. The molecule has 2 atom stereocenters. The molecule has 33 heavy (non-hydrogen) atoms. The first-order chi connectivity index (χ1) is 15.8. The van der Waals surface area contributed by atoms with Gasteiger partial charge in [0, 0.05) is 18.4 Å². The van der Waals surface area contributed by atoms with Crippen molar-refractivity contribution >= 4 is 39.0 Å². The van der Waals surface area contributed by atoms with Crippen molar-refractivity contribution in [2.45, 2.75) is 43.5 Å². The van der Waals surface area contributed by atoms with Crippen molar-refractivity contribution in [2.75, 3.05) is 10.6 Å². The second-order valence-electron chi connectivity index (χ2n) is 8.24. The largest absolute Gasteiger partial charge is 0.324 e. The molecule has 2 unspecified atom stereocenters. The number of para-hydroxylation sites is 2. The Bertz CT molecular complexity index is 1240. The summed E-state index contributed by atoms with van der Waals surface area (Å²) in [6, 6.07) is 13.2. The monoisotopic (exact) mass is 466 g/mol. The summed E-state index contributed by atoms with van der Waals surface area (Å²) in [6.07, 6.45) is 6.59. The predicted molar refractivity (Wildman–Crippen MR) is 128 cm³/mol. The Balaban J connectivity index is 1.39. The molecule has 3 N–H and O–H groups in total. The molecule has 0 aromatic heterocycles. The predicted octanol–water partition coefficient (Wildman–Crippen LogP) is 3.44. The molecule has 2 aliphatic rings. The Morgan fingerprint density at radius 2 is 1.73 bits per heavy atom. The number of carbonyl (C=O) groups is 2. The lowest BCUT2D eigenvalue weighted by Gasteiger charge is -2.14. The van der Waals surface area contributed by atoms with Crippen molar-refractivity contribution in [3.63, 3.8) is 0 Å². The molecule has 1 aliphatic heterocycles. The standard InChI is InChI=1S/C24H26N4O4S/c1-16(25-24-18-10-4-7-13-21(18)33(31,32)28-24)14-22(29)26-19-11-5-6-12-20(19)27-23(30)15-17-8-2-3-9-17/h2,4-8,10-13,16-17H,3,9,14-15H2,1H3,(H,25,28)(H,26,29)(H,27,30). The number of hydrogen-bond acceptors (Lipinski definition) is 5. The van der Waals surface area contributed by atoms with Crippen LogP contribution >= 0.6 is 0 Å². The lowest BCUT2D eigenvalue weighted by Crippen LogP contribution is -2.25. The minimum atomic E-state index is -3.63. The number of amidine groups is 1. The van der Waals surface area contributed by atoms with E-state index in [9.17, 15) is 18.0 Å². The fourth-order valence-corrected chi connectivity index (χ4v) is 5.21. The summed E-state index contributed by atoms with van der Waals surface area (Å²) < 4.78 is 26.9. The highest BCUT2D eigenvalue weighted by molar-refractivity contribution is 7.90. The number of allylic oxidation sites excluding steroid dienone is 2. The average molecular weight is 467 g/mol. The minimum absolute atomic E-state index is 0.0442. The number of anilines is 2. The van der Waals surface area contributed by atoms with Gasteiger partial charge in [-0.2, -0.15) is 0 Å². The number of amides is 2. The smallest absolute Gasteiger partial charge is 0.263 e. The molecule has 9 heteroatoms. The second kappa shape index (κ2) is 9.58. The van der Waals surface area contributed by atoms with Gasteiger partial charge < -0.3 is 10.6 Å². The van der Waals surface area contributed by atoms with Gasteiger partial charge in [-0.3, -0.25) is 19.3 Å². The summed E-state index contributed by atoms with van der Waals surface area (Å²) >= 11 is 0. The van der Waals surface area contributed by atoms with Crippen LogP contribution in [0.1, 0.15) is 38.2 Å². The van der Waals surface area contributed by atoms with E-state index < -0.39 is 16.1 Å². The Labute approximate surface area is 193 Å². The molecule has 0 spiro atoms. The highest BCUT2D eigenvalue weighted by Gasteiger charge is 2.30. The van der Waals surface area contributed by atoms with Crippen molar-refractivity contribution in [2.24, 2.45) is 10.9 Å². The molecular weight excluding hydrogens is 440 g/mol. The van der Waals surface area contributed by atoms with Crippen LogP contribution in [0.4, 0.5) is 11.4 Å². The van der Waals surface area contributed by atoms with E-state index in [1.807, 2.05) is 0 Å². The summed E-state index contributed by atoms with van der Waals surface area (Å²) in [5.41, 5.74) is 1.54. The van der Waals surface area contributed by atoms with Crippen molar-refractivity contribution in [1.82, 2.24) is 4.72 Å². The summed E-state index contributed by atoms with van der Waals surface area (Å²) in [6.45, 7) is 1.74.